The van der Waals surface area contributed by atoms with Gasteiger partial charge in [0.25, 0.3) is 0 Å². The summed E-state index contributed by atoms with van der Waals surface area (Å²) in [6.07, 6.45) is 3.30. The van der Waals surface area contributed by atoms with Gasteiger partial charge in [0.05, 0.1) is 18.9 Å². The molecule has 0 aliphatic heterocycles. The number of rotatable bonds is 6. The van der Waals surface area contributed by atoms with E-state index in [4.69, 9.17) is 0 Å². The molecular formula is C11H19N5O. The highest BCUT2D eigenvalue weighted by molar-refractivity contribution is 5.80. The van der Waals surface area contributed by atoms with Crippen molar-refractivity contribution >= 4 is 17.5 Å². The van der Waals surface area contributed by atoms with Gasteiger partial charge >= 0.3 is 0 Å². The lowest BCUT2D eigenvalue weighted by molar-refractivity contribution is -0.119. The van der Waals surface area contributed by atoms with E-state index in [-0.39, 0.29) is 12.5 Å². The van der Waals surface area contributed by atoms with Gasteiger partial charge in [0.15, 0.2) is 0 Å². The molecule has 0 unspecified atom stereocenters. The molecule has 94 valence electrons. The fourth-order valence-electron chi connectivity index (χ4n) is 1.36. The topological polar surface area (TPSA) is 70.2 Å². The molecule has 1 amide bonds. The maximum atomic E-state index is 11.4. The van der Waals surface area contributed by atoms with Crippen LogP contribution in [0.1, 0.15) is 13.8 Å². The Kier molecular flexibility index (Phi) is 5.19. The van der Waals surface area contributed by atoms with Crippen LogP contribution in [0.2, 0.25) is 0 Å². The van der Waals surface area contributed by atoms with Crippen molar-refractivity contribution in [1.82, 2.24) is 15.3 Å². The van der Waals surface area contributed by atoms with Crippen molar-refractivity contribution < 1.29 is 4.79 Å². The Hall–Kier alpha value is -1.85. The smallest absolute Gasteiger partial charge is 0.239 e. The third kappa shape index (κ3) is 4.26. The van der Waals surface area contributed by atoms with Crippen LogP contribution in [0.15, 0.2) is 12.4 Å². The highest BCUT2D eigenvalue weighted by Gasteiger charge is 2.08. The van der Waals surface area contributed by atoms with Crippen molar-refractivity contribution in [1.29, 1.82) is 0 Å². The number of nitrogens with zero attached hydrogens (tertiary/aromatic N) is 3. The van der Waals surface area contributed by atoms with E-state index >= 15 is 0 Å². The fraction of sp³-hybridized carbons (Fsp3) is 0.545. The van der Waals surface area contributed by atoms with Crippen molar-refractivity contribution in [2.24, 2.45) is 0 Å². The number of amides is 1. The summed E-state index contributed by atoms with van der Waals surface area (Å²) in [6.45, 7) is 5.59. The first-order chi connectivity index (χ1) is 8.17. The molecule has 0 aromatic carbocycles. The molecule has 0 atom stereocenters. The Bertz CT molecular complexity index is 369. The summed E-state index contributed by atoms with van der Waals surface area (Å²) in [5, 5.41) is 5.82. The van der Waals surface area contributed by atoms with Crippen molar-refractivity contribution in [3.05, 3.63) is 12.4 Å². The molecule has 0 saturated heterocycles. The van der Waals surface area contributed by atoms with E-state index in [2.05, 4.69) is 20.6 Å². The number of anilines is 2. The highest BCUT2D eigenvalue weighted by atomic mass is 16.2. The Morgan fingerprint density at radius 1 is 1.35 bits per heavy atom. The molecule has 17 heavy (non-hydrogen) atoms. The normalized spacial score (nSPS) is 9.82. The summed E-state index contributed by atoms with van der Waals surface area (Å²) in [4.78, 5) is 21.6. The highest BCUT2D eigenvalue weighted by Crippen LogP contribution is 2.09. The standard InChI is InChI=1S/C11H19N5O/c1-4-13-9-6-12-7-10(15-9)16(3)8-11(17)14-5-2/h6-7H,4-5,8H2,1-3H3,(H,13,15)(H,14,17). The lowest BCUT2D eigenvalue weighted by Gasteiger charge is -2.17. The number of hydrogen-bond donors (Lipinski definition) is 2. The maximum Gasteiger partial charge on any atom is 0.239 e. The van der Waals surface area contributed by atoms with Crippen LogP contribution in [0, 0.1) is 0 Å². The Morgan fingerprint density at radius 2 is 2.12 bits per heavy atom. The predicted octanol–water partition coefficient (Wildman–Crippen LogP) is 0.481. The Morgan fingerprint density at radius 3 is 2.76 bits per heavy atom. The monoisotopic (exact) mass is 237 g/mol. The average molecular weight is 237 g/mol. The lowest BCUT2D eigenvalue weighted by atomic mass is 10.4. The summed E-state index contributed by atoms with van der Waals surface area (Å²) in [7, 11) is 1.81. The summed E-state index contributed by atoms with van der Waals surface area (Å²) in [6, 6.07) is 0. The molecule has 6 nitrogen and oxygen atoms in total. The minimum absolute atomic E-state index is 0.0225. The zero-order valence-corrected chi connectivity index (χ0v) is 10.5. The SMILES string of the molecule is CCNC(=O)CN(C)c1cncc(NCC)n1. The van der Waals surface area contributed by atoms with Crippen molar-refractivity contribution in [2.45, 2.75) is 13.8 Å². The molecule has 1 aromatic rings. The Labute approximate surface area is 101 Å². The largest absolute Gasteiger partial charge is 0.369 e. The van der Waals surface area contributed by atoms with Crippen LogP contribution in [0.5, 0.6) is 0 Å². The van der Waals surface area contributed by atoms with Crippen LogP contribution in [0.4, 0.5) is 11.6 Å². The van der Waals surface area contributed by atoms with Gasteiger partial charge in [0.1, 0.15) is 11.6 Å². The molecular weight excluding hydrogens is 218 g/mol. The third-order valence-corrected chi connectivity index (χ3v) is 2.13. The fourth-order valence-corrected chi connectivity index (χ4v) is 1.36. The van der Waals surface area contributed by atoms with Crippen LogP contribution < -0.4 is 15.5 Å². The van der Waals surface area contributed by atoms with Gasteiger partial charge < -0.3 is 15.5 Å². The number of nitrogens with one attached hydrogen (secondary N) is 2. The predicted molar refractivity (Wildman–Crippen MR) is 68.1 cm³/mol. The second-order valence-corrected chi connectivity index (χ2v) is 3.60. The van der Waals surface area contributed by atoms with Crippen LogP contribution in [-0.4, -0.2) is 42.6 Å². The van der Waals surface area contributed by atoms with Gasteiger partial charge in [-0.25, -0.2) is 4.98 Å². The molecule has 0 radical (unpaired) electrons. The third-order valence-electron chi connectivity index (χ3n) is 2.13. The lowest BCUT2D eigenvalue weighted by Crippen LogP contribution is -2.35. The maximum absolute atomic E-state index is 11.4. The summed E-state index contributed by atoms with van der Waals surface area (Å²) in [5.41, 5.74) is 0. The van der Waals surface area contributed by atoms with Crippen molar-refractivity contribution in [3.8, 4) is 0 Å². The minimum Gasteiger partial charge on any atom is -0.369 e. The quantitative estimate of drug-likeness (QED) is 0.753. The molecule has 0 bridgehead atoms. The molecule has 0 aliphatic carbocycles. The number of carbonyl (C=O) groups excluding carboxylic acids is 1. The van der Waals surface area contributed by atoms with E-state index in [1.165, 1.54) is 0 Å². The molecule has 2 N–H and O–H groups in total. The van der Waals surface area contributed by atoms with E-state index in [0.717, 1.165) is 6.54 Å². The van der Waals surface area contributed by atoms with Crippen LogP contribution in [0.25, 0.3) is 0 Å². The zero-order valence-electron chi connectivity index (χ0n) is 10.5. The van der Waals surface area contributed by atoms with Crippen molar-refractivity contribution in [3.63, 3.8) is 0 Å². The van der Waals surface area contributed by atoms with Crippen LogP contribution in [0.3, 0.4) is 0 Å². The van der Waals surface area contributed by atoms with E-state index in [9.17, 15) is 4.79 Å². The minimum atomic E-state index is -0.0225. The van der Waals surface area contributed by atoms with Gasteiger partial charge in [-0.15, -0.1) is 0 Å². The summed E-state index contributed by atoms with van der Waals surface area (Å²) >= 11 is 0. The van der Waals surface area contributed by atoms with Gasteiger partial charge in [0, 0.05) is 20.1 Å². The van der Waals surface area contributed by atoms with E-state index in [0.29, 0.717) is 18.2 Å². The first-order valence-electron chi connectivity index (χ1n) is 5.71. The zero-order chi connectivity index (χ0) is 12.7. The van der Waals surface area contributed by atoms with Gasteiger partial charge in [-0.3, -0.25) is 9.78 Å². The van der Waals surface area contributed by atoms with Gasteiger partial charge in [0.2, 0.25) is 5.91 Å². The summed E-state index contributed by atoms with van der Waals surface area (Å²) < 4.78 is 0. The number of hydrogen-bond acceptors (Lipinski definition) is 5. The first-order valence-corrected chi connectivity index (χ1v) is 5.71. The molecule has 1 rings (SSSR count). The second kappa shape index (κ2) is 6.67. The summed E-state index contributed by atoms with van der Waals surface area (Å²) in [5.74, 6) is 1.37. The Balaban J connectivity index is 2.64. The molecule has 1 aromatic heterocycles. The molecule has 0 saturated carbocycles. The van der Waals surface area contributed by atoms with Gasteiger partial charge in [-0.2, -0.15) is 0 Å². The van der Waals surface area contributed by atoms with Crippen LogP contribution >= 0.6 is 0 Å². The molecule has 0 aliphatic rings. The van der Waals surface area contributed by atoms with E-state index in [1.807, 2.05) is 20.9 Å². The number of likely N-dealkylation sites (N-methyl/N-ethyl adjacent to an activating group) is 2. The second-order valence-electron chi connectivity index (χ2n) is 3.60. The number of carbonyl (C=O) groups is 1. The van der Waals surface area contributed by atoms with Crippen molar-refractivity contribution in [2.75, 3.05) is 36.9 Å². The average Bonchev–Trinajstić information content (AvgIpc) is 2.30. The van der Waals surface area contributed by atoms with Gasteiger partial charge in [-0.05, 0) is 13.8 Å². The van der Waals surface area contributed by atoms with Crippen LogP contribution in [-0.2, 0) is 4.79 Å². The van der Waals surface area contributed by atoms with Gasteiger partial charge in [-0.1, -0.05) is 0 Å². The first kappa shape index (κ1) is 13.2. The number of aromatic nitrogens is 2. The molecule has 0 spiro atoms. The van der Waals surface area contributed by atoms with E-state index < -0.39 is 0 Å². The van der Waals surface area contributed by atoms with E-state index in [1.54, 1.807) is 17.3 Å². The molecule has 0 fully saturated rings. The molecule has 6 heteroatoms. The molecule has 1 heterocycles.